The smallest absolute Gasteiger partial charge is 0.225 e. The van der Waals surface area contributed by atoms with E-state index in [1.54, 1.807) is 7.11 Å². The second-order valence-corrected chi connectivity index (χ2v) is 10.3. The minimum Gasteiger partial charge on any atom is -0.380 e. The van der Waals surface area contributed by atoms with Gasteiger partial charge in [0.05, 0.1) is 18.3 Å². The number of carbonyl (C=O) groups is 1. The van der Waals surface area contributed by atoms with Crippen LogP contribution in [-0.2, 0) is 26.3 Å². The minimum atomic E-state index is -0.238. The Balaban J connectivity index is 0.00000245. The Labute approximate surface area is 200 Å². The molecule has 1 aromatic carbocycles. The molecule has 1 spiro atoms. The first-order valence-corrected chi connectivity index (χ1v) is 12.3. The zero-order chi connectivity index (χ0) is 21.4. The first-order chi connectivity index (χ1) is 15.1. The summed E-state index contributed by atoms with van der Waals surface area (Å²) in [5, 5.41) is 0. The second kappa shape index (κ2) is 9.82. The predicted molar refractivity (Wildman–Crippen MR) is 130 cm³/mol. The van der Waals surface area contributed by atoms with Crippen LogP contribution < -0.4 is 5.73 Å². The molecule has 3 heterocycles. The summed E-state index contributed by atoms with van der Waals surface area (Å²) >= 11 is 1.90. The maximum atomic E-state index is 13.2. The summed E-state index contributed by atoms with van der Waals surface area (Å²) in [7, 11) is 1.70. The van der Waals surface area contributed by atoms with E-state index in [1.165, 1.54) is 20.9 Å². The van der Waals surface area contributed by atoms with Crippen molar-refractivity contribution < 1.29 is 14.3 Å². The second-order valence-electron chi connectivity index (χ2n) is 9.18. The van der Waals surface area contributed by atoms with Gasteiger partial charge < -0.3 is 20.1 Å². The molecule has 1 saturated heterocycles. The zero-order valence-electron chi connectivity index (χ0n) is 18.6. The topological polar surface area (TPSA) is 64.8 Å². The van der Waals surface area contributed by atoms with E-state index in [1.807, 2.05) is 11.3 Å². The Hall–Kier alpha value is -1.44. The molecule has 0 unspecified atom stereocenters. The Morgan fingerprint density at radius 3 is 2.69 bits per heavy atom. The number of carbonyl (C=O) groups excluding carboxylic acids is 1. The van der Waals surface area contributed by atoms with Crippen LogP contribution in [0.1, 0.15) is 42.5 Å². The molecule has 5 rings (SSSR count). The summed E-state index contributed by atoms with van der Waals surface area (Å²) in [5.74, 6) is 0.308. The zero-order valence-corrected chi connectivity index (χ0v) is 20.3. The van der Waals surface area contributed by atoms with Crippen LogP contribution in [0.3, 0.4) is 0 Å². The molecule has 3 aliphatic rings. The highest BCUT2D eigenvalue weighted by atomic mass is 35.5. The molecule has 2 N–H and O–H groups in total. The third-order valence-electron chi connectivity index (χ3n) is 7.44. The maximum Gasteiger partial charge on any atom is 0.225 e. The van der Waals surface area contributed by atoms with Gasteiger partial charge in [-0.2, -0.15) is 0 Å². The molecule has 1 aromatic heterocycles. The third kappa shape index (κ3) is 4.36. The molecule has 32 heavy (non-hydrogen) atoms. The van der Waals surface area contributed by atoms with Crippen LogP contribution in [0, 0.1) is 5.92 Å². The van der Waals surface area contributed by atoms with Gasteiger partial charge in [-0.15, -0.1) is 23.7 Å². The van der Waals surface area contributed by atoms with Crippen molar-refractivity contribution in [2.24, 2.45) is 11.7 Å². The van der Waals surface area contributed by atoms with Gasteiger partial charge >= 0.3 is 0 Å². The molecule has 1 aliphatic carbocycles. The summed E-state index contributed by atoms with van der Waals surface area (Å²) in [5.41, 5.74) is 8.54. The predicted octanol–water partition coefficient (Wildman–Crippen LogP) is 4.37. The summed E-state index contributed by atoms with van der Waals surface area (Å²) in [4.78, 5) is 18.0. The fourth-order valence-corrected chi connectivity index (χ4v) is 6.81. The molecule has 174 valence electrons. The summed E-state index contributed by atoms with van der Waals surface area (Å²) < 4.78 is 12.0. The Morgan fingerprint density at radius 2 is 1.97 bits per heavy atom. The van der Waals surface area contributed by atoms with Crippen LogP contribution in [0.25, 0.3) is 10.4 Å². The molecule has 1 saturated carbocycles. The van der Waals surface area contributed by atoms with Crippen molar-refractivity contribution in [3.05, 3.63) is 46.8 Å². The Bertz CT molecular complexity index is 927. The minimum absolute atomic E-state index is 0. The van der Waals surface area contributed by atoms with Crippen molar-refractivity contribution >= 4 is 29.7 Å². The number of likely N-dealkylation sites (tertiary alicyclic amines) is 1. The number of methoxy groups -OCH3 is 1. The molecular weight excluding hydrogens is 444 g/mol. The SMILES string of the molecule is CO[C@H]1C[C@@H](C(=O)N2CCC3(CC2)OCCc2sc(-c4ccccc4)cc23)CC[C@@H]1N.Cl. The fourth-order valence-electron chi connectivity index (χ4n) is 5.57. The standard InChI is InChI=1S/C25H32N2O3S.ClH/c1-29-21-15-18(7-8-20(21)26)24(28)27-12-10-25(11-13-27)19-16-23(17-5-3-2-4-6-17)31-22(19)9-14-30-25;/h2-6,16,18,20-21H,7-15,26H2,1H3;1H/t18-,20-,21-;/m0./s1. The van der Waals surface area contributed by atoms with E-state index >= 15 is 0 Å². The van der Waals surface area contributed by atoms with Gasteiger partial charge in [0.15, 0.2) is 0 Å². The molecule has 2 aromatic rings. The maximum absolute atomic E-state index is 13.2. The van der Waals surface area contributed by atoms with E-state index in [0.29, 0.717) is 0 Å². The van der Waals surface area contributed by atoms with Crippen LogP contribution in [0.5, 0.6) is 0 Å². The lowest BCUT2D eigenvalue weighted by Crippen LogP contribution is -2.51. The van der Waals surface area contributed by atoms with Crippen molar-refractivity contribution in [1.82, 2.24) is 4.90 Å². The van der Waals surface area contributed by atoms with E-state index in [0.717, 1.165) is 58.2 Å². The molecular formula is C25H33ClN2O3S. The number of amides is 1. The van der Waals surface area contributed by atoms with Crippen LogP contribution >= 0.6 is 23.7 Å². The van der Waals surface area contributed by atoms with Crippen LogP contribution in [0.2, 0.25) is 0 Å². The third-order valence-corrected chi connectivity index (χ3v) is 8.69. The molecule has 0 bridgehead atoms. The van der Waals surface area contributed by atoms with Crippen molar-refractivity contribution in [3.63, 3.8) is 0 Å². The fraction of sp³-hybridized carbons (Fsp3) is 0.560. The number of fused-ring (bicyclic) bond motifs is 2. The van der Waals surface area contributed by atoms with E-state index < -0.39 is 0 Å². The quantitative estimate of drug-likeness (QED) is 0.714. The van der Waals surface area contributed by atoms with Gasteiger partial charge in [0.25, 0.3) is 0 Å². The molecule has 2 aliphatic heterocycles. The number of hydrogen-bond donors (Lipinski definition) is 1. The van der Waals surface area contributed by atoms with E-state index in [-0.39, 0.29) is 42.0 Å². The number of benzene rings is 1. The lowest BCUT2D eigenvalue weighted by Gasteiger charge is -2.45. The van der Waals surface area contributed by atoms with Gasteiger partial charge in [-0.3, -0.25) is 4.79 Å². The number of nitrogens with two attached hydrogens (primary N) is 1. The lowest BCUT2D eigenvalue weighted by atomic mass is 9.80. The van der Waals surface area contributed by atoms with Crippen LogP contribution in [0.15, 0.2) is 36.4 Å². The number of rotatable bonds is 3. The summed E-state index contributed by atoms with van der Waals surface area (Å²) in [6, 6.07) is 13.0. The van der Waals surface area contributed by atoms with Gasteiger partial charge in [0.2, 0.25) is 5.91 Å². The van der Waals surface area contributed by atoms with Crippen molar-refractivity contribution in [3.8, 4) is 10.4 Å². The molecule has 3 atom stereocenters. The normalized spacial score (nSPS) is 26.9. The van der Waals surface area contributed by atoms with E-state index in [9.17, 15) is 4.79 Å². The average Bonchev–Trinajstić information content (AvgIpc) is 3.26. The monoisotopic (exact) mass is 476 g/mol. The number of halogens is 1. The Morgan fingerprint density at radius 1 is 1.22 bits per heavy atom. The number of thiophene rings is 1. The van der Waals surface area contributed by atoms with Crippen LogP contribution in [-0.4, -0.2) is 49.8 Å². The van der Waals surface area contributed by atoms with Gasteiger partial charge in [-0.05, 0) is 49.3 Å². The number of ether oxygens (including phenoxy) is 2. The summed E-state index contributed by atoms with van der Waals surface area (Å²) in [6.07, 6.45) is 5.18. The van der Waals surface area contributed by atoms with Crippen molar-refractivity contribution in [2.45, 2.75) is 56.3 Å². The highest BCUT2D eigenvalue weighted by Crippen LogP contribution is 2.47. The molecule has 5 nitrogen and oxygen atoms in total. The number of piperidine rings is 1. The largest absolute Gasteiger partial charge is 0.380 e. The highest BCUT2D eigenvalue weighted by Gasteiger charge is 2.44. The van der Waals surface area contributed by atoms with Crippen molar-refractivity contribution in [2.75, 3.05) is 26.8 Å². The first kappa shape index (κ1) is 23.7. The molecule has 7 heteroatoms. The number of hydrogen-bond acceptors (Lipinski definition) is 5. The average molecular weight is 477 g/mol. The summed E-state index contributed by atoms with van der Waals surface area (Å²) in [6.45, 7) is 2.29. The molecule has 2 fully saturated rings. The van der Waals surface area contributed by atoms with Gasteiger partial charge in [0.1, 0.15) is 0 Å². The van der Waals surface area contributed by atoms with Gasteiger partial charge in [-0.1, -0.05) is 30.3 Å². The van der Waals surface area contributed by atoms with Crippen molar-refractivity contribution in [1.29, 1.82) is 0 Å². The number of nitrogens with zero attached hydrogens (tertiary/aromatic N) is 1. The van der Waals surface area contributed by atoms with Gasteiger partial charge in [0, 0.05) is 48.3 Å². The molecule has 0 radical (unpaired) electrons. The van der Waals surface area contributed by atoms with E-state index in [2.05, 4.69) is 41.3 Å². The Kier molecular flexibility index (Phi) is 7.27. The van der Waals surface area contributed by atoms with Crippen LogP contribution in [0.4, 0.5) is 0 Å². The first-order valence-electron chi connectivity index (χ1n) is 11.5. The lowest BCUT2D eigenvalue weighted by molar-refractivity contribution is -0.147. The highest BCUT2D eigenvalue weighted by molar-refractivity contribution is 7.15. The van der Waals surface area contributed by atoms with E-state index in [4.69, 9.17) is 15.2 Å². The van der Waals surface area contributed by atoms with Gasteiger partial charge in [-0.25, -0.2) is 0 Å². The molecule has 1 amide bonds.